The maximum absolute atomic E-state index is 13.2. The van der Waals surface area contributed by atoms with Crippen LogP contribution in [0.1, 0.15) is 59.4 Å². The van der Waals surface area contributed by atoms with Crippen LogP contribution in [-0.2, 0) is 19.1 Å². The number of nitrogens with zero attached hydrogens (tertiary/aromatic N) is 1. The number of ether oxygens (including phenoxy) is 3. The lowest BCUT2D eigenvalue weighted by Crippen LogP contribution is -2.65. The molecule has 2 aromatic heterocycles. The van der Waals surface area contributed by atoms with Crippen molar-refractivity contribution in [3.05, 3.63) is 52.1 Å². The van der Waals surface area contributed by atoms with E-state index in [1.165, 1.54) is 13.8 Å². The molecule has 3 aliphatic rings. The number of hydrogen-bond acceptors (Lipinski definition) is 9. The molecule has 0 aromatic carbocycles. The summed E-state index contributed by atoms with van der Waals surface area (Å²) < 4.78 is 23.3. The summed E-state index contributed by atoms with van der Waals surface area (Å²) in [6.07, 6.45) is 5.06. The lowest BCUT2D eigenvalue weighted by Gasteiger charge is -2.62. The van der Waals surface area contributed by atoms with Gasteiger partial charge in [-0.2, -0.15) is 0 Å². The minimum Gasteiger partial charge on any atom is -0.479 e. The van der Waals surface area contributed by atoms with Crippen molar-refractivity contribution in [3.63, 3.8) is 0 Å². The number of fused-ring (bicyclic) bond motifs is 4. The van der Waals surface area contributed by atoms with Crippen molar-refractivity contribution < 1.29 is 33.3 Å². The Kier molecular flexibility index (Phi) is 6.25. The van der Waals surface area contributed by atoms with Gasteiger partial charge in [0.1, 0.15) is 29.8 Å². The van der Waals surface area contributed by atoms with E-state index in [1.807, 2.05) is 13.8 Å². The molecule has 3 heterocycles. The normalized spacial score (nSPS) is 33.5. The Bertz CT molecular complexity index is 1370. The number of aliphatic hydroxyl groups is 1. The third-order valence-electron chi connectivity index (χ3n) is 8.87. The van der Waals surface area contributed by atoms with Crippen molar-refractivity contribution in [2.24, 2.45) is 16.7 Å². The summed E-state index contributed by atoms with van der Waals surface area (Å²) in [4.78, 5) is 41.0. The first-order chi connectivity index (χ1) is 17.9. The van der Waals surface area contributed by atoms with E-state index in [2.05, 4.69) is 11.9 Å². The molecule has 2 fully saturated rings. The van der Waals surface area contributed by atoms with Crippen molar-refractivity contribution in [1.29, 1.82) is 0 Å². The average Bonchev–Trinajstić information content (AvgIpc) is 2.86. The molecule has 0 spiro atoms. The van der Waals surface area contributed by atoms with Gasteiger partial charge in [-0.3, -0.25) is 14.6 Å². The van der Waals surface area contributed by atoms with E-state index in [0.29, 0.717) is 36.3 Å². The molecule has 2 saturated carbocycles. The smallest absolute Gasteiger partial charge is 0.347 e. The van der Waals surface area contributed by atoms with Crippen LogP contribution in [0.5, 0.6) is 5.75 Å². The van der Waals surface area contributed by atoms with Gasteiger partial charge in [0.25, 0.3) is 0 Å². The van der Waals surface area contributed by atoms with E-state index < -0.39 is 46.2 Å². The van der Waals surface area contributed by atoms with Crippen LogP contribution in [0.15, 0.2) is 45.4 Å². The van der Waals surface area contributed by atoms with Crippen molar-refractivity contribution in [2.45, 2.75) is 71.7 Å². The Morgan fingerprint density at radius 1 is 1.21 bits per heavy atom. The van der Waals surface area contributed by atoms with E-state index >= 15 is 0 Å². The molecule has 1 aliphatic heterocycles. The summed E-state index contributed by atoms with van der Waals surface area (Å²) in [5.74, 6) is -0.424. The van der Waals surface area contributed by atoms with Crippen LogP contribution < -0.4 is 10.4 Å². The zero-order valence-electron chi connectivity index (χ0n) is 22.3. The Hall–Kier alpha value is -3.46. The largest absolute Gasteiger partial charge is 0.479 e. The molecular formula is C29H33NO8. The number of aromatic nitrogens is 1. The second-order valence-electron chi connectivity index (χ2n) is 11.3. The van der Waals surface area contributed by atoms with E-state index in [9.17, 15) is 19.5 Å². The molecule has 0 amide bonds. The van der Waals surface area contributed by atoms with Crippen LogP contribution in [0.3, 0.4) is 0 Å². The molecule has 202 valence electrons. The van der Waals surface area contributed by atoms with Crippen molar-refractivity contribution in [2.75, 3.05) is 6.61 Å². The van der Waals surface area contributed by atoms with Crippen LogP contribution in [-0.4, -0.2) is 46.4 Å². The minimum atomic E-state index is -1.10. The molecule has 5 rings (SSSR count). The fraction of sp³-hybridized carbons (Fsp3) is 0.517. The highest BCUT2D eigenvalue weighted by molar-refractivity contribution is 5.70. The topological polar surface area (TPSA) is 125 Å². The zero-order valence-corrected chi connectivity index (χ0v) is 22.3. The second-order valence-corrected chi connectivity index (χ2v) is 11.3. The van der Waals surface area contributed by atoms with E-state index in [0.717, 1.165) is 5.57 Å². The van der Waals surface area contributed by atoms with Gasteiger partial charge in [0.15, 0.2) is 5.60 Å². The van der Waals surface area contributed by atoms with Crippen LogP contribution in [0.4, 0.5) is 0 Å². The maximum atomic E-state index is 13.2. The molecule has 2 aromatic rings. The standard InChI is InChI=1S/C29H33NO8/c1-16(31)35-15-28(4)22-13-24(33)29(5)23(27(22,3)9-8-25(28)36-17(2)32)11-19-21(38-29)12-20(37-26(19)34)18-7-6-10-30-14-18/h6-7,10-12,14,22,24-25,33H,8-9,13,15H2,1-5H3/t22-,24+,25+,27+,28+,29+/m1/s1. The summed E-state index contributed by atoms with van der Waals surface area (Å²) in [5.41, 5.74) is -1.28. The van der Waals surface area contributed by atoms with E-state index in [1.54, 1.807) is 36.7 Å². The van der Waals surface area contributed by atoms with Gasteiger partial charge >= 0.3 is 17.6 Å². The van der Waals surface area contributed by atoms with E-state index in [4.69, 9.17) is 18.6 Å². The molecule has 0 unspecified atom stereocenters. The van der Waals surface area contributed by atoms with Gasteiger partial charge in [-0.1, -0.05) is 13.8 Å². The van der Waals surface area contributed by atoms with Gasteiger partial charge in [0, 0.05) is 43.3 Å². The van der Waals surface area contributed by atoms with Gasteiger partial charge in [-0.05, 0) is 61.3 Å². The molecule has 2 aliphatic carbocycles. The van der Waals surface area contributed by atoms with Crippen LogP contribution in [0.25, 0.3) is 17.4 Å². The number of aliphatic hydroxyl groups excluding tert-OH is 1. The molecule has 0 saturated heterocycles. The lowest BCUT2D eigenvalue weighted by molar-refractivity contribution is -0.197. The molecule has 38 heavy (non-hydrogen) atoms. The molecule has 6 atom stereocenters. The van der Waals surface area contributed by atoms with Gasteiger partial charge in [-0.15, -0.1) is 0 Å². The second kappa shape index (κ2) is 9.08. The first-order valence-corrected chi connectivity index (χ1v) is 12.9. The summed E-state index contributed by atoms with van der Waals surface area (Å²) in [7, 11) is 0. The summed E-state index contributed by atoms with van der Waals surface area (Å²) >= 11 is 0. The van der Waals surface area contributed by atoms with Crippen molar-refractivity contribution in [1.82, 2.24) is 4.98 Å². The number of hydrogen-bond donors (Lipinski definition) is 1. The Labute approximate surface area is 220 Å². The molecule has 1 N–H and O–H groups in total. The van der Waals surface area contributed by atoms with Gasteiger partial charge < -0.3 is 23.7 Å². The van der Waals surface area contributed by atoms with Gasteiger partial charge in [-0.25, -0.2) is 4.79 Å². The predicted molar refractivity (Wildman–Crippen MR) is 137 cm³/mol. The first kappa shape index (κ1) is 26.2. The summed E-state index contributed by atoms with van der Waals surface area (Å²) in [5, 5.41) is 11.6. The van der Waals surface area contributed by atoms with Crippen LogP contribution in [0, 0.1) is 16.7 Å². The van der Waals surface area contributed by atoms with Crippen LogP contribution >= 0.6 is 0 Å². The van der Waals surface area contributed by atoms with Crippen molar-refractivity contribution >= 4 is 18.0 Å². The van der Waals surface area contributed by atoms with Gasteiger partial charge in [0.2, 0.25) is 0 Å². The quantitative estimate of drug-likeness (QED) is 0.594. The van der Waals surface area contributed by atoms with Crippen molar-refractivity contribution in [3.8, 4) is 17.1 Å². The Balaban J connectivity index is 1.62. The monoisotopic (exact) mass is 523 g/mol. The number of rotatable bonds is 4. The molecule has 9 nitrogen and oxygen atoms in total. The molecular weight excluding hydrogens is 490 g/mol. The molecule has 0 bridgehead atoms. The number of pyridine rings is 1. The minimum absolute atomic E-state index is 0.0330. The highest BCUT2D eigenvalue weighted by Crippen LogP contribution is 2.64. The third-order valence-corrected chi connectivity index (χ3v) is 8.87. The highest BCUT2D eigenvalue weighted by atomic mass is 16.6. The van der Waals surface area contributed by atoms with Crippen LogP contribution in [0.2, 0.25) is 0 Å². The lowest BCUT2D eigenvalue weighted by atomic mass is 9.45. The Morgan fingerprint density at radius 2 is 1.97 bits per heavy atom. The fourth-order valence-electron chi connectivity index (χ4n) is 6.93. The summed E-state index contributed by atoms with van der Waals surface area (Å²) in [6, 6.07) is 5.20. The van der Waals surface area contributed by atoms with Gasteiger partial charge in [0.05, 0.1) is 6.10 Å². The first-order valence-electron chi connectivity index (χ1n) is 12.9. The number of esters is 2. The third kappa shape index (κ3) is 4.04. The summed E-state index contributed by atoms with van der Waals surface area (Å²) in [6.45, 7) is 8.60. The zero-order chi connectivity index (χ0) is 27.5. The number of carbonyl (C=O) groups is 2. The molecule has 0 radical (unpaired) electrons. The molecule has 9 heteroatoms. The average molecular weight is 524 g/mol. The fourth-order valence-corrected chi connectivity index (χ4v) is 6.93. The highest BCUT2D eigenvalue weighted by Gasteiger charge is 2.65. The SMILES string of the molecule is CC(=O)OC[C@]1(C)[C@@H](OC(C)=O)CC[C@]2(C)C3=Cc4c(cc(-c5cccnc5)oc4=O)O[C@]3(C)[C@@H](O)C[C@@H]12. The predicted octanol–water partition coefficient (Wildman–Crippen LogP) is 3.92. The number of carbonyl (C=O) groups excluding carboxylic acids is 2. The Morgan fingerprint density at radius 3 is 2.63 bits per heavy atom. The maximum Gasteiger partial charge on any atom is 0.347 e. The van der Waals surface area contributed by atoms with E-state index in [-0.39, 0.29) is 18.1 Å².